The molecule has 0 unspecified atom stereocenters. The minimum absolute atomic E-state index is 0.0646. The summed E-state index contributed by atoms with van der Waals surface area (Å²) in [6.07, 6.45) is 5.43. The first-order valence-electron chi connectivity index (χ1n) is 9.79. The topological polar surface area (TPSA) is 58.7 Å². The summed E-state index contributed by atoms with van der Waals surface area (Å²) in [4.78, 5) is 18.7. The van der Waals surface area contributed by atoms with Crippen molar-refractivity contribution in [2.45, 2.75) is 63.1 Å². The Labute approximate surface area is 164 Å². The number of nitriles is 1. The molecule has 5 heteroatoms. The van der Waals surface area contributed by atoms with E-state index in [0.29, 0.717) is 23.4 Å². The molecule has 0 saturated heterocycles. The molecule has 1 aromatic carbocycles. The number of aromatic nitrogens is 2. The molecule has 140 valence electrons. The molecule has 1 heterocycles. The van der Waals surface area contributed by atoms with Gasteiger partial charge in [-0.25, -0.2) is 4.98 Å². The summed E-state index contributed by atoms with van der Waals surface area (Å²) in [5.74, 6) is 0.648. The summed E-state index contributed by atoms with van der Waals surface area (Å²) in [7, 11) is 0. The van der Waals surface area contributed by atoms with Gasteiger partial charge in [0, 0.05) is 17.5 Å². The summed E-state index contributed by atoms with van der Waals surface area (Å²) in [5.41, 5.74) is 4.25. The zero-order valence-corrected chi connectivity index (χ0v) is 16.8. The average molecular weight is 380 g/mol. The second-order valence-corrected chi connectivity index (χ2v) is 9.14. The van der Waals surface area contributed by atoms with Gasteiger partial charge in [0.1, 0.15) is 0 Å². The highest BCUT2D eigenvalue weighted by Gasteiger charge is 2.44. The third-order valence-corrected chi connectivity index (χ3v) is 6.68. The number of fused-ring (bicyclic) bond motifs is 4. The number of hydrogen-bond donors (Lipinski definition) is 0. The molecular formula is C22H25N3OS. The molecule has 1 fully saturated rings. The van der Waals surface area contributed by atoms with Crippen molar-refractivity contribution in [1.29, 1.82) is 5.26 Å². The maximum Gasteiger partial charge on any atom is 0.258 e. The summed E-state index contributed by atoms with van der Waals surface area (Å²) in [6.45, 7) is 4.88. The predicted octanol–water partition coefficient (Wildman–Crippen LogP) is 4.55. The molecule has 27 heavy (non-hydrogen) atoms. The van der Waals surface area contributed by atoms with Gasteiger partial charge in [0.2, 0.25) is 0 Å². The standard InChI is InChI=1S/C22H25N3OS/c1-15(2)14-25-20(26)18-19(24-21(25)27-12-11-23)17-8-4-3-7-16(17)13-22(18)9-5-6-10-22/h3-4,7-8,15H,5-6,9-10,12-14H2,1-2H3. The van der Waals surface area contributed by atoms with Gasteiger partial charge in [0.15, 0.2) is 5.16 Å². The van der Waals surface area contributed by atoms with Crippen LogP contribution in [0.4, 0.5) is 0 Å². The molecule has 2 aliphatic rings. The van der Waals surface area contributed by atoms with Crippen LogP contribution < -0.4 is 5.56 Å². The second-order valence-electron chi connectivity index (χ2n) is 8.20. The average Bonchev–Trinajstić information content (AvgIpc) is 3.10. The predicted molar refractivity (Wildman–Crippen MR) is 109 cm³/mol. The van der Waals surface area contributed by atoms with Crippen LogP contribution in [-0.4, -0.2) is 15.3 Å². The molecule has 0 aliphatic heterocycles. The molecule has 0 radical (unpaired) electrons. The molecule has 1 saturated carbocycles. The highest BCUT2D eigenvalue weighted by molar-refractivity contribution is 7.99. The zero-order chi connectivity index (χ0) is 19.0. The van der Waals surface area contributed by atoms with Crippen molar-refractivity contribution in [1.82, 2.24) is 9.55 Å². The minimum atomic E-state index is -0.0646. The Hall–Kier alpha value is -2.06. The van der Waals surface area contributed by atoms with Gasteiger partial charge < -0.3 is 0 Å². The smallest absolute Gasteiger partial charge is 0.258 e. The quantitative estimate of drug-likeness (QED) is 0.578. The van der Waals surface area contributed by atoms with Crippen molar-refractivity contribution in [3.8, 4) is 17.3 Å². The van der Waals surface area contributed by atoms with E-state index in [9.17, 15) is 4.79 Å². The Bertz CT molecular complexity index is 964. The zero-order valence-electron chi connectivity index (χ0n) is 16.0. The van der Waals surface area contributed by atoms with Crippen molar-refractivity contribution < 1.29 is 0 Å². The molecule has 0 amide bonds. The Balaban J connectivity index is 2.00. The molecular weight excluding hydrogens is 354 g/mol. The van der Waals surface area contributed by atoms with Crippen molar-refractivity contribution >= 4 is 11.8 Å². The fourth-order valence-corrected chi connectivity index (χ4v) is 5.44. The van der Waals surface area contributed by atoms with E-state index in [4.69, 9.17) is 10.2 Å². The fourth-order valence-electron chi connectivity index (χ4n) is 4.78. The van der Waals surface area contributed by atoms with Gasteiger partial charge in [0.25, 0.3) is 5.56 Å². The first kappa shape index (κ1) is 18.3. The molecule has 2 aromatic rings. The summed E-state index contributed by atoms with van der Waals surface area (Å²) < 4.78 is 1.83. The van der Waals surface area contributed by atoms with Gasteiger partial charge in [0.05, 0.1) is 23.1 Å². The van der Waals surface area contributed by atoms with E-state index in [-0.39, 0.29) is 11.0 Å². The molecule has 0 N–H and O–H groups in total. The fraction of sp³-hybridized carbons (Fsp3) is 0.500. The lowest BCUT2D eigenvalue weighted by atomic mass is 9.68. The minimum Gasteiger partial charge on any atom is -0.287 e. The van der Waals surface area contributed by atoms with Gasteiger partial charge in [-0.05, 0) is 30.7 Å². The summed E-state index contributed by atoms with van der Waals surface area (Å²) in [6, 6.07) is 10.6. The first-order valence-corrected chi connectivity index (χ1v) is 10.8. The van der Waals surface area contributed by atoms with Gasteiger partial charge >= 0.3 is 0 Å². The highest BCUT2D eigenvalue weighted by atomic mass is 32.2. The third-order valence-electron chi connectivity index (χ3n) is 5.84. The number of thioether (sulfide) groups is 1. The van der Waals surface area contributed by atoms with Crippen LogP contribution in [0, 0.1) is 17.2 Å². The Morgan fingerprint density at radius 3 is 2.74 bits per heavy atom. The van der Waals surface area contributed by atoms with E-state index in [2.05, 4.69) is 38.1 Å². The van der Waals surface area contributed by atoms with E-state index in [1.165, 1.54) is 30.2 Å². The van der Waals surface area contributed by atoms with E-state index in [1.54, 1.807) is 0 Å². The van der Waals surface area contributed by atoms with Crippen LogP contribution in [0.25, 0.3) is 11.3 Å². The summed E-state index contributed by atoms with van der Waals surface area (Å²) >= 11 is 1.37. The lowest BCUT2D eigenvalue weighted by Crippen LogP contribution is -2.40. The lowest BCUT2D eigenvalue weighted by molar-refractivity contribution is 0.404. The second kappa shape index (κ2) is 7.16. The van der Waals surface area contributed by atoms with Crippen LogP contribution in [0.3, 0.4) is 0 Å². The first-order chi connectivity index (χ1) is 13.1. The third kappa shape index (κ3) is 3.10. The SMILES string of the molecule is CC(C)Cn1c(SCC#N)nc2c(c1=O)C1(CCCC1)Cc1ccccc1-2. The van der Waals surface area contributed by atoms with Gasteiger partial charge in [-0.2, -0.15) is 5.26 Å². The van der Waals surface area contributed by atoms with Gasteiger partial charge in [-0.3, -0.25) is 9.36 Å². The molecule has 1 spiro atoms. The van der Waals surface area contributed by atoms with E-state index in [0.717, 1.165) is 36.1 Å². The van der Waals surface area contributed by atoms with Crippen LogP contribution in [0.5, 0.6) is 0 Å². The highest BCUT2D eigenvalue weighted by Crippen LogP contribution is 2.49. The van der Waals surface area contributed by atoms with E-state index >= 15 is 0 Å². The van der Waals surface area contributed by atoms with Crippen molar-refractivity contribution in [3.05, 3.63) is 45.7 Å². The number of benzene rings is 1. The van der Waals surface area contributed by atoms with Gasteiger partial charge in [-0.1, -0.05) is 62.7 Å². The van der Waals surface area contributed by atoms with Gasteiger partial charge in [-0.15, -0.1) is 0 Å². The molecule has 0 bridgehead atoms. The lowest BCUT2D eigenvalue weighted by Gasteiger charge is -2.36. The Kier molecular flexibility index (Phi) is 4.86. The Morgan fingerprint density at radius 1 is 1.30 bits per heavy atom. The number of nitrogens with zero attached hydrogens (tertiary/aromatic N) is 3. The van der Waals surface area contributed by atoms with Crippen molar-refractivity contribution in [2.24, 2.45) is 5.92 Å². The Morgan fingerprint density at radius 2 is 2.04 bits per heavy atom. The van der Waals surface area contributed by atoms with Crippen molar-refractivity contribution in [3.63, 3.8) is 0 Å². The monoisotopic (exact) mass is 379 g/mol. The molecule has 4 rings (SSSR count). The van der Waals surface area contributed by atoms with E-state index < -0.39 is 0 Å². The van der Waals surface area contributed by atoms with Crippen LogP contribution in [0.1, 0.15) is 50.7 Å². The summed E-state index contributed by atoms with van der Waals surface area (Å²) in [5, 5.41) is 9.73. The van der Waals surface area contributed by atoms with Crippen LogP contribution in [-0.2, 0) is 18.4 Å². The van der Waals surface area contributed by atoms with Crippen LogP contribution in [0.15, 0.2) is 34.2 Å². The molecule has 4 nitrogen and oxygen atoms in total. The largest absolute Gasteiger partial charge is 0.287 e. The van der Waals surface area contributed by atoms with Crippen molar-refractivity contribution in [2.75, 3.05) is 5.75 Å². The van der Waals surface area contributed by atoms with Crippen LogP contribution >= 0.6 is 11.8 Å². The molecule has 1 aromatic heterocycles. The normalized spacial score (nSPS) is 17.0. The maximum absolute atomic E-state index is 13.7. The number of hydrogen-bond acceptors (Lipinski definition) is 4. The molecule has 2 aliphatic carbocycles. The molecule has 0 atom stereocenters. The number of rotatable bonds is 4. The van der Waals surface area contributed by atoms with Crippen LogP contribution in [0.2, 0.25) is 0 Å². The maximum atomic E-state index is 13.7. The van der Waals surface area contributed by atoms with E-state index in [1.807, 2.05) is 10.6 Å².